The number of amides is 1. The summed E-state index contributed by atoms with van der Waals surface area (Å²) in [5.41, 5.74) is 0.610. The van der Waals surface area contributed by atoms with E-state index < -0.39 is 0 Å². The number of nitrogens with zero attached hydrogens (tertiary/aromatic N) is 2. The minimum absolute atomic E-state index is 0.142. The van der Waals surface area contributed by atoms with E-state index in [2.05, 4.69) is 31.4 Å². The van der Waals surface area contributed by atoms with Gasteiger partial charge in [-0.1, -0.05) is 40.3 Å². The van der Waals surface area contributed by atoms with Gasteiger partial charge < -0.3 is 9.84 Å². The molecule has 1 saturated carbocycles. The summed E-state index contributed by atoms with van der Waals surface area (Å²) in [5, 5.41) is 6.77. The number of hydrogen-bond donors (Lipinski definition) is 1. The van der Waals surface area contributed by atoms with Crippen molar-refractivity contribution < 1.29 is 9.32 Å². The van der Waals surface area contributed by atoms with Crippen LogP contribution in [0.25, 0.3) is 0 Å². The number of halogens is 1. The van der Waals surface area contributed by atoms with E-state index >= 15 is 0 Å². The van der Waals surface area contributed by atoms with Gasteiger partial charge in [0.2, 0.25) is 5.89 Å². The second kappa shape index (κ2) is 7.05. The maximum atomic E-state index is 12.0. The Labute approximate surface area is 137 Å². The summed E-state index contributed by atoms with van der Waals surface area (Å²) in [6.07, 6.45) is 5.98. The SMILES string of the molecule is O=C(NCc1noc(C2CCCCC2)n1)c1ccc(Br)cc1. The minimum Gasteiger partial charge on any atom is -0.345 e. The Morgan fingerprint density at radius 3 is 2.68 bits per heavy atom. The fraction of sp³-hybridized carbons (Fsp3) is 0.438. The highest BCUT2D eigenvalue weighted by Gasteiger charge is 2.21. The van der Waals surface area contributed by atoms with Crippen LogP contribution in [0, 0.1) is 0 Å². The topological polar surface area (TPSA) is 68.0 Å². The van der Waals surface area contributed by atoms with E-state index in [9.17, 15) is 4.79 Å². The zero-order chi connectivity index (χ0) is 15.4. The standard InChI is InChI=1S/C16H18BrN3O2/c17-13-8-6-11(7-9-13)15(21)18-10-14-19-16(22-20-14)12-4-2-1-3-5-12/h6-9,12H,1-5,10H2,(H,18,21). The van der Waals surface area contributed by atoms with Crippen LogP contribution in [0.5, 0.6) is 0 Å². The summed E-state index contributed by atoms with van der Waals surface area (Å²) in [6, 6.07) is 7.21. The summed E-state index contributed by atoms with van der Waals surface area (Å²) in [5.74, 6) is 1.49. The van der Waals surface area contributed by atoms with Gasteiger partial charge in [-0.2, -0.15) is 4.98 Å². The van der Waals surface area contributed by atoms with E-state index in [1.54, 1.807) is 12.1 Å². The molecule has 2 aromatic rings. The highest BCUT2D eigenvalue weighted by Crippen LogP contribution is 2.31. The van der Waals surface area contributed by atoms with Crippen LogP contribution >= 0.6 is 15.9 Å². The van der Waals surface area contributed by atoms with E-state index in [1.165, 1.54) is 19.3 Å². The van der Waals surface area contributed by atoms with Crippen LogP contribution < -0.4 is 5.32 Å². The lowest BCUT2D eigenvalue weighted by molar-refractivity contribution is 0.0949. The molecule has 0 radical (unpaired) electrons. The molecule has 0 atom stereocenters. The predicted octanol–water partition coefficient (Wildman–Crippen LogP) is 3.81. The second-order valence-corrected chi connectivity index (χ2v) is 6.49. The van der Waals surface area contributed by atoms with Crippen molar-refractivity contribution in [3.63, 3.8) is 0 Å². The molecule has 116 valence electrons. The molecule has 5 nitrogen and oxygen atoms in total. The number of carbonyl (C=O) groups is 1. The highest BCUT2D eigenvalue weighted by atomic mass is 79.9. The van der Waals surface area contributed by atoms with Crippen molar-refractivity contribution in [2.75, 3.05) is 0 Å². The molecule has 0 aliphatic heterocycles. The van der Waals surface area contributed by atoms with E-state index in [1.807, 2.05) is 12.1 Å². The molecular weight excluding hydrogens is 346 g/mol. The number of aromatic nitrogens is 2. The van der Waals surface area contributed by atoms with Crippen molar-refractivity contribution in [1.29, 1.82) is 0 Å². The monoisotopic (exact) mass is 363 g/mol. The Kier molecular flexibility index (Phi) is 4.87. The van der Waals surface area contributed by atoms with Crippen LogP contribution in [-0.4, -0.2) is 16.0 Å². The molecule has 3 rings (SSSR count). The zero-order valence-corrected chi connectivity index (χ0v) is 13.8. The van der Waals surface area contributed by atoms with Gasteiger partial charge in [0.05, 0.1) is 6.54 Å². The smallest absolute Gasteiger partial charge is 0.251 e. The van der Waals surface area contributed by atoms with Gasteiger partial charge >= 0.3 is 0 Å². The average molecular weight is 364 g/mol. The lowest BCUT2D eigenvalue weighted by atomic mass is 9.89. The molecular formula is C16H18BrN3O2. The summed E-state index contributed by atoms with van der Waals surface area (Å²) in [7, 11) is 0. The van der Waals surface area contributed by atoms with Crippen LogP contribution in [0.2, 0.25) is 0 Å². The van der Waals surface area contributed by atoms with Gasteiger partial charge in [-0.05, 0) is 37.1 Å². The fourth-order valence-corrected chi connectivity index (χ4v) is 2.98. The van der Waals surface area contributed by atoms with E-state index in [4.69, 9.17) is 4.52 Å². The third kappa shape index (κ3) is 3.74. The highest BCUT2D eigenvalue weighted by molar-refractivity contribution is 9.10. The van der Waals surface area contributed by atoms with E-state index in [0.717, 1.165) is 17.3 Å². The molecule has 1 aliphatic carbocycles. The lowest BCUT2D eigenvalue weighted by Crippen LogP contribution is -2.23. The predicted molar refractivity (Wildman–Crippen MR) is 85.4 cm³/mol. The van der Waals surface area contributed by atoms with Crippen LogP contribution in [-0.2, 0) is 6.54 Å². The number of hydrogen-bond acceptors (Lipinski definition) is 4. The molecule has 0 saturated heterocycles. The van der Waals surface area contributed by atoms with Gasteiger partial charge in [0.1, 0.15) is 0 Å². The summed E-state index contributed by atoms with van der Waals surface area (Å²) < 4.78 is 6.28. The number of nitrogens with one attached hydrogen (secondary N) is 1. The van der Waals surface area contributed by atoms with Gasteiger partial charge in [-0.15, -0.1) is 0 Å². The van der Waals surface area contributed by atoms with E-state index in [0.29, 0.717) is 23.2 Å². The number of benzene rings is 1. The first-order chi connectivity index (χ1) is 10.7. The van der Waals surface area contributed by atoms with Gasteiger partial charge in [0.15, 0.2) is 5.82 Å². The Balaban J connectivity index is 1.56. The van der Waals surface area contributed by atoms with Gasteiger partial charge in [0.25, 0.3) is 5.91 Å². The molecule has 1 aliphatic rings. The average Bonchev–Trinajstić information content (AvgIpc) is 3.03. The zero-order valence-electron chi connectivity index (χ0n) is 12.2. The maximum absolute atomic E-state index is 12.0. The minimum atomic E-state index is -0.142. The van der Waals surface area contributed by atoms with Crippen molar-refractivity contribution in [3.05, 3.63) is 46.0 Å². The molecule has 1 aromatic heterocycles. The molecule has 6 heteroatoms. The third-order valence-corrected chi connectivity index (χ3v) is 4.48. The van der Waals surface area contributed by atoms with Gasteiger partial charge in [-0.25, -0.2) is 0 Å². The normalized spacial score (nSPS) is 15.7. The van der Waals surface area contributed by atoms with Crippen LogP contribution in [0.1, 0.15) is 60.1 Å². The molecule has 22 heavy (non-hydrogen) atoms. The molecule has 0 unspecified atom stereocenters. The quantitative estimate of drug-likeness (QED) is 0.896. The van der Waals surface area contributed by atoms with E-state index in [-0.39, 0.29) is 12.5 Å². The second-order valence-electron chi connectivity index (χ2n) is 5.57. The molecule has 1 amide bonds. The largest absolute Gasteiger partial charge is 0.345 e. The number of rotatable bonds is 4. The Morgan fingerprint density at radius 2 is 1.95 bits per heavy atom. The lowest BCUT2D eigenvalue weighted by Gasteiger charge is -2.17. The first kappa shape index (κ1) is 15.2. The van der Waals surface area contributed by atoms with Gasteiger partial charge in [-0.3, -0.25) is 4.79 Å². The van der Waals surface area contributed by atoms with Crippen molar-refractivity contribution in [3.8, 4) is 0 Å². The number of carbonyl (C=O) groups excluding carboxylic acids is 1. The van der Waals surface area contributed by atoms with Crippen molar-refractivity contribution in [2.24, 2.45) is 0 Å². The van der Waals surface area contributed by atoms with Crippen molar-refractivity contribution in [2.45, 2.75) is 44.6 Å². The Bertz CT molecular complexity index is 633. The molecule has 0 spiro atoms. The summed E-state index contributed by atoms with van der Waals surface area (Å²) in [4.78, 5) is 16.4. The third-order valence-electron chi connectivity index (χ3n) is 3.95. The molecule has 1 aromatic carbocycles. The van der Waals surface area contributed by atoms with Crippen LogP contribution in [0.4, 0.5) is 0 Å². The molecule has 1 N–H and O–H groups in total. The Morgan fingerprint density at radius 1 is 1.23 bits per heavy atom. The van der Waals surface area contributed by atoms with Crippen LogP contribution in [0.15, 0.2) is 33.3 Å². The molecule has 1 heterocycles. The van der Waals surface area contributed by atoms with Crippen molar-refractivity contribution >= 4 is 21.8 Å². The summed E-state index contributed by atoms with van der Waals surface area (Å²) >= 11 is 3.35. The van der Waals surface area contributed by atoms with Crippen molar-refractivity contribution in [1.82, 2.24) is 15.5 Å². The molecule has 1 fully saturated rings. The van der Waals surface area contributed by atoms with Crippen LogP contribution in [0.3, 0.4) is 0 Å². The first-order valence-electron chi connectivity index (χ1n) is 7.58. The molecule has 0 bridgehead atoms. The van der Waals surface area contributed by atoms with Gasteiger partial charge in [0, 0.05) is 16.0 Å². The fourth-order valence-electron chi connectivity index (χ4n) is 2.72. The first-order valence-corrected chi connectivity index (χ1v) is 8.38. The maximum Gasteiger partial charge on any atom is 0.251 e. The summed E-state index contributed by atoms with van der Waals surface area (Å²) in [6.45, 7) is 0.283. The Hall–Kier alpha value is -1.69.